The summed E-state index contributed by atoms with van der Waals surface area (Å²) in [7, 11) is 4.64. The number of H-pyrrole nitrogens is 1. The van der Waals surface area contributed by atoms with Crippen LogP contribution < -0.4 is 32.1 Å². The van der Waals surface area contributed by atoms with Crippen molar-refractivity contribution in [3.05, 3.63) is 56.7 Å². The molecular formula is C19H27N6O4+. The summed E-state index contributed by atoms with van der Waals surface area (Å²) < 4.78 is 1.21. The minimum absolute atomic E-state index is 0.0399. The van der Waals surface area contributed by atoms with Gasteiger partial charge in [0.2, 0.25) is 0 Å². The Hall–Kier alpha value is -3.40. The van der Waals surface area contributed by atoms with Crippen molar-refractivity contribution in [2.24, 2.45) is 0 Å². The Balaban J connectivity index is 2.32. The highest BCUT2D eigenvalue weighted by Crippen LogP contribution is 2.16. The molecular weight excluding hydrogens is 376 g/mol. The zero-order valence-electron chi connectivity index (χ0n) is 17.0. The summed E-state index contributed by atoms with van der Waals surface area (Å²) in [4.78, 5) is 53.1. The molecule has 0 aliphatic rings. The molecule has 0 fully saturated rings. The lowest BCUT2D eigenvalue weighted by atomic mass is 10.2. The molecule has 0 saturated heterocycles. The molecule has 2 aromatic rings. The van der Waals surface area contributed by atoms with E-state index >= 15 is 0 Å². The molecule has 0 radical (unpaired) electrons. The molecule has 0 aliphatic carbocycles. The average Bonchev–Trinajstić information content (AvgIpc) is 2.70. The second-order valence-corrected chi connectivity index (χ2v) is 6.88. The van der Waals surface area contributed by atoms with Crippen molar-refractivity contribution in [2.45, 2.75) is 19.5 Å². The maximum atomic E-state index is 12.7. The number of nitrogens with one attached hydrogen (secondary N) is 3. The van der Waals surface area contributed by atoms with E-state index in [1.165, 1.54) is 18.7 Å². The van der Waals surface area contributed by atoms with E-state index in [4.69, 9.17) is 5.73 Å². The van der Waals surface area contributed by atoms with Crippen molar-refractivity contribution in [3.8, 4) is 0 Å². The van der Waals surface area contributed by atoms with Crippen molar-refractivity contribution >= 4 is 23.3 Å². The zero-order chi connectivity index (χ0) is 21.7. The van der Waals surface area contributed by atoms with E-state index in [0.29, 0.717) is 4.90 Å². The molecule has 0 spiro atoms. The number of aromatic amines is 1. The van der Waals surface area contributed by atoms with E-state index < -0.39 is 23.2 Å². The standard InChI is InChI=1S/C19H26N6O4/c1-12(17(27)21-2)23(3)11-14(26)24(4)15-16(20)25(19(29)22-18(15)28)10-13-8-6-5-7-9-13/h5-9,12H,10-11,20H2,1-4H3,(H,21,27)(H,22,28,29)/p+1/t12-/m0/s1. The maximum Gasteiger partial charge on any atom is 0.330 e. The second-order valence-electron chi connectivity index (χ2n) is 6.88. The van der Waals surface area contributed by atoms with Gasteiger partial charge in [0.1, 0.15) is 5.82 Å². The molecule has 0 bridgehead atoms. The predicted molar refractivity (Wildman–Crippen MR) is 110 cm³/mol. The van der Waals surface area contributed by atoms with Crippen LogP contribution in [0.2, 0.25) is 0 Å². The smallest absolute Gasteiger partial charge is 0.330 e. The van der Waals surface area contributed by atoms with Gasteiger partial charge in [-0.25, -0.2) is 4.79 Å². The Labute approximate surface area is 167 Å². The number of nitrogen functional groups attached to an aromatic ring is 1. The number of carbonyl (C=O) groups is 2. The third kappa shape index (κ3) is 4.91. The van der Waals surface area contributed by atoms with Crippen LogP contribution in [-0.2, 0) is 16.1 Å². The fraction of sp³-hybridized carbons (Fsp3) is 0.368. The molecule has 156 valence electrons. The van der Waals surface area contributed by atoms with E-state index in [-0.39, 0.29) is 30.5 Å². The van der Waals surface area contributed by atoms with Crippen LogP contribution in [0.4, 0.5) is 11.5 Å². The zero-order valence-corrected chi connectivity index (χ0v) is 17.0. The molecule has 2 atom stereocenters. The lowest BCUT2D eigenvalue weighted by Gasteiger charge is -2.24. The number of hydrogen-bond acceptors (Lipinski definition) is 5. The molecule has 5 N–H and O–H groups in total. The molecule has 1 aromatic carbocycles. The minimum Gasteiger partial charge on any atom is -0.383 e. The lowest BCUT2D eigenvalue weighted by Crippen LogP contribution is -3.15. The summed E-state index contributed by atoms with van der Waals surface area (Å²) in [5.41, 5.74) is 5.42. The van der Waals surface area contributed by atoms with Gasteiger partial charge in [-0.1, -0.05) is 30.3 Å². The number of nitrogens with two attached hydrogens (primary N) is 1. The van der Waals surface area contributed by atoms with Crippen LogP contribution >= 0.6 is 0 Å². The first-order chi connectivity index (χ1) is 13.7. The number of amides is 2. The van der Waals surface area contributed by atoms with Gasteiger partial charge in [-0.05, 0) is 12.5 Å². The number of anilines is 2. The number of rotatable bonds is 7. The molecule has 2 rings (SSSR count). The van der Waals surface area contributed by atoms with Crippen LogP contribution in [0.25, 0.3) is 0 Å². The Morgan fingerprint density at radius 3 is 2.48 bits per heavy atom. The van der Waals surface area contributed by atoms with E-state index in [2.05, 4.69) is 10.3 Å². The Bertz CT molecular complexity index is 998. The van der Waals surface area contributed by atoms with Crippen molar-refractivity contribution < 1.29 is 14.5 Å². The first-order valence-electron chi connectivity index (χ1n) is 9.14. The maximum absolute atomic E-state index is 12.7. The summed E-state index contributed by atoms with van der Waals surface area (Å²) in [6.45, 7) is 1.81. The van der Waals surface area contributed by atoms with E-state index in [9.17, 15) is 19.2 Å². The lowest BCUT2D eigenvalue weighted by molar-refractivity contribution is -0.885. The van der Waals surface area contributed by atoms with E-state index in [0.717, 1.165) is 10.5 Å². The number of quaternary nitrogens is 1. The van der Waals surface area contributed by atoms with E-state index in [1.54, 1.807) is 14.0 Å². The summed E-state index contributed by atoms with van der Waals surface area (Å²) in [6, 6.07) is 8.68. The van der Waals surface area contributed by atoms with Crippen molar-refractivity contribution in [2.75, 3.05) is 38.3 Å². The van der Waals surface area contributed by atoms with Crippen LogP contribution in [-0.4, -0.2) is 55.1 Å². The number of benzene rings is 1. The van der Waals surface area contributed by atoms with Crippen LogP contribution in [0.15, 0.2) is 39.9 Å². The van der Waals surface area contributed by atoms with Crippen LogP contribution in [0, 0.1) is 0 Å². The van der Waals surface area contributed by atoms with Gasteiger partial charge in [-0.3, -0.25) is 23.9 Å². The Kier molecular flexibility index (Phi) is 6.94. The molecule has 0 aliphatic heterocycles. The second kappa shape index (κ2) is 9.20. The largest absolute Gasteiger partial charge is 0.383 e. The fourth-order valence-corrected chi connectivity index (χ4v) is 2.90. The molecule has 2 amide bonds. The fourth-order valence-electron chi connectivity index (χ4n) is 2.90. The van der Waals surface area contributed by atoms with Gasteiger partial charge in [-0.15, -0.1) is 0 Å². The highest BCUT2D eigenvalue weighted by molar-refractivity contribution is 5.95. The minimum atomic E-state index is -0.746. The molecule has 0 saturated carbocycles. The van der Waals surface area contributed by atoms with Crippen LogP contribution in [0.3, 0.4) is 0 Å². The number of hydrogen-bond donors (Lipinski definition) is 4. The summed E-state index contributed by atoms with van der Waals surface area (Å²) in [5, 5.41) is 2.54. The summed E-state index contributed by atoms with van der Waals surface area (Å²) >= 11 is 0. The van der Waals surface area contributed by atoms with Crippen LogP contribution in [0.5, 0.6) is 0 Å². The van der Waals surface area contributed by atoms with Gasteiger partial charge in [-0.2, -0.15) is 0 Å². The SMILES string of the molecule is CNC(=O)[C@H](C)[NH+](C)CC(=O)N(C)c1c(N)n(Cc2ccccc2)c(=O)[nH]c1=O. The predicted octanol–water partition coefficient (Wildman–Crippen LogP) is -2.22. The molecule has 1 aromatic heterocycles. The van der Waals surface area contributed by atoms with Gasteiger partial charge >= 0.3 is 5.69 Å². The summed E-state index contributed by atoms with van der Waals surface area (Å²) in [5.74, 6) is -0.720. The van der Waals surface area contributed by atoms with Gasteiger partial charge < -0.3 is 20.9 Å². The Morgan fingerprint density at radius 1 is 1.28 bits per heavy atom. The van der Waals surface area contributed by atoms with Gasteiger partial charge in [0, 0.05) is 14.1 Å². The third-order valence-corrected chi connectivity index (χ3v) is 4.92. The summed E-state index contributed by atoms with van der Waals surface area (Å²) in [6.07, 6.45) is 0. The number of aromatic nitrogens is 2. The van der Waals surface area contributed by atoms with Gasteiger partial charge in [0.25, 0.3) is 17.4 Å². The van der Waals surface area contributed by atoms with Gasteiger partial charge in [0.15, 0.2) is 18.3 Å². The monoisotopic (exact) mass is 403 g/mol. The average molecular weight is 403 g/mol. The highest BCUT2D eigenvalue weighted by Gasteiger charge is 2.27. The van der Waals surface area contributed by atoms with Crippen molar-refractivity contribution in [3.63, 3.8) is 0 Å². The van der Waals surface area contributed by atoms with Gasteiger partial charge in [0.05, 0.1) is 13.6 Å². The molecule has 10 nitrogen and oxygen atoms in total. The molecule has 1 unspecified atom stereocenters. The highest BCUT2D eigenvalue weighted by atomic mass is 16.2. The normalized spacial score (nSPS) is 12.8. The van der Waals surface area contributed by atoms with Crippen molar-refractivity contribution in [1.82, 2.24) is 14.9 Å². The first-order valence-corrected chi connectivity index (χ1v) is 9.14. The first kappa shape index (κ1) is 21.9. The number of likely N-dealkylation sites (N-methyl/N-ethyl adjacent to an activating group) is 3. The topological polar surface area (TPSA) is 135 Å². The molecule has 29 heavy (non-hydrogen) atoms. The molecule has 10 heteroatoms. The number of carbonyl (C=O) groups excluding carboxylic acids is 2. The quantitative estimate of drug-likeness (QED) is 0.415. The number of nitrogens with zero attached hydrogens (tertiary/aromatic N) is 2. The Morgan fingerprint density at radius 2 is 1.90 bits per heavy atom. The van der Waals surface area contributed by atoms with Crippen molar-refractivity contribution in [1.29, 1.82) is 0 Å². The van der Waals surface area contributed by atoms with Crippen LogP contribution in [0.1, 0.15) is 12.5 Å². The molecule has 1 heterocycles. The van der Waals surface area contributed by atoms with E-state index in [1.807, 2.05) is 30.3 Å². The third-order valence-electron chi connectivity index (χ3n) is 4.92.